The van der Waals surface area contributed by atoms with Gasteiger partial charge in [-0.1, -0.05) is 19.4 Å². The van der Waals surface area contributed by atoms with E-state index in [1.165, 1.54) is 37.7 Å². The summed E-state index contributed by atoms with van der Waals surface area (Å²) in [6.07, 6.45) is 12.0. The average molecular weight is 302 g/mol. The maximum Gasteiger partial charge on any atom is 0.155 e. The van der Waals surface area contributed by atoms with Crippen LogP contribution in [0.5, 0.6) is 0 Å². The van der Waals surface area contributed by atoms with Gasteiger partial charge in [0.25, 0.3) is 0 Å². The Morgan fingerprint density at radius 2 is 1.95 bits per heavy atom. The molecule has 2 heteroatoms. The fourth-order valence-electron chi connectivity index (χ4n) is 7.00. The minimum Gasteiger partial charge on any atom is -0.393 e. The van der Waals surface area contributed by atoms with Crippen molar-refractivity contribution in [1.29, 1.82) is 0 Å². The Bertz CT molecular complexity index is 522. The lowest BCUT2D eigenvalue weighted by atomic mass is 9.46. The smallest absolute Gasteiger partial charge is 0.155 e. The van der Waals surface area contributed by atoms with Gasteiger partial charge in [-0.3, -0.25) is 4.79 Å². The lowest BCUT2D eigenvalue weighted by Crippen LogP contribution is -2.52. The maximum atomic E-state index is 11.9. The zero-order valence-corrected chi connectivity index (χ0v) is 14.1. The van der Waals surface area contributed by atoms with E-state index in [1.54, 1.807) is 0 Å². The first-order valence-corrected chi connectivity index (χ1v) is 9.43. The van der Waals surface area contributed by atoms with Crippen LogP contribution < -0.4 is 0 Å². The molecule has 0 saturated heterocycles. The van der Waals surface area contributed by atoms with Crippen LogP contribution in [0.3, 0.4) is 0 Å². The van der Waals surface area contributed by atoms with Crippen molar-refractivity contribution >= 4 is 5.78 Å². The van der Waals surface area contributed by atoms with Gasteiger partial charge in [-0.2, -0.15) is 0 Å². The number of fused-ring (bicyclic) bond motifs is 5. The summed E-state index contributed by atoms with van der Waals surface area (Å²) >= 11 is 0. The summed E-state index contributed by atoms with van der Waals surface area (Å²) in [5.41, 5.74) is 1.96. The van der Waals surface area contributed by atoms with E-state index in [9.17, 15) is 9.90 Å². The molecule has 122 valence electrons. The molecule has 0 aromatic rings. The highest BCUT2D eigenvalue weighted by Crippen LogP contribution is 2.66. The molecule has 1 N–H and O–H groups in total. The number of ketones is 1. The van der Waals surface area contributed by atoms with Crippen LogP contribution in [0.15, 0.2) is 11.6 Å². The van der Waals surface area contributed by atoms with Gasteiger partial charge in [-0.25, -0.2) is 0 Å². The number of aliphatic hydroxyl groups is 1. The molecule has 4 aliphatic carbocycles. The zero-order valence-electron chi connectivity index (χ0n) is 14.1. The van der Waals surface area contributed by atoms with Crippen molar-refractivity contribution in [1.82, 2.24) is 0 Å². The van der Waals surface area contributed by atoms with E-state index < -0.39 is 0 Å². The Morgan fingerprint density at radius 3 is 2.73 bits per heavy atom. The third-order valence-corrected chi connectivity index (χ3v) is 8.27. The summed E-state index contributed by atoms with van der Waals surface area (Å²) in [5, 5.41) is 10.5. The first-order valence-electron chi connectivity index (χ1n) is 9.43. The number of allylic oxidation sites excluding steroid dienone is 1. The monoisotopic (exact) mass is 302 g/mol. The topological polar surface area (TPSA) is 37.3 Å². The van der Waals surface area contributed by atoms with E-state index in [2.05, 4.69) is 13.8 Å². The van der Waals surface area contributed by atoms with Gasteiger partial charge < -0.3 is 5.11 Å². The Hall–Kier alpha value is -0.630. The van der Waals surface area contributed by atoms with E-state index in [4.69, 9.17) is 0 Å². The molecule has 0 amide bonds. The minimum atomic E-state index is -0.0825. The van der Waals surface area contributed by atoms with Crippen LogP contribution in [-0.2, 0) is 4.79 Å². The number of hydrogen-bond donors (Lipinski definition) is 1. The third-order valence-electron chi connectivity index (χ3n) is 8.27. The van der Waals surface area contributed by atoms with E-state index in [1.807, 2.05) is 6.08 Å². The van der Waals surface area contributed by atoms with Crippen LogP contribution in [0.4, 0.5) is 0 Å². The molecule has 0 aliphatic heterocycles. The molecule has 0 aromatic heterocycles. The van der Waals surface area contributed by atoms with Crippen molar-refractivity contribution in [2.75, 3.05) is 0 Å². The Labute approximate surface area is 134 Å². The van der Waals surface area contributed by atoms with Gasteiger partial charge in [0.15, 0.2) is 5.78 Å². The van der Waals surface area contributed by atoms with E-state index in [0.717, 1.165) is 37.5 Å². The second-order valence-electron chi connectivity index (χ2n) is 8.70. The standard InChI is InChI=1S/C20H30O2/c1-3-20-11-8-14(21)12-13(20)4-5-15-16-6-7-18(22)19(16,2)10-9-17(15)20/h12,15-18,22H,3-11H2,1-2H3/t15-,16-,17-,18-,19-,20-/m0/s1. The first-order chi connectivity index (χ1) is 10.5. The van der Waals surface area contributed by atoms with Gasteiger partial charge in [-0.05, 0) is 86.0 Å². The second-order valence-corrected chi connectivity index (χ2v) is 8.70. The molecule has 0 radical (unpaired) electrons. The fourth-order valence-corrected chi connectivity index (χ4v) is 7.00. The van der Waals surface area contributed by atoms with Crippen molar-refractivity contribution in [2.24, 2.45) is 28.6 Å². The van der Waals surface area contributed by atoms with Crippen LogP contribution in [0.2, 0.25) is 0 Å². The number of hydrogen-bond acceptors (Lipinski definition) is 2. The molecule has 22 heavy (non-hydrogen) atoms. The van der Waals surface area contributed by atoms with Gasteiger partial charge >= 0.3 is 0 Å². The maximum absolute atomic E-state index is 11.9. The third kappa shape index (κ3) is 1.79. The Kier molecular flexibility index (Phi) is 3.35. The number of aliphatic hydroxyl groups excluding tert-OH is 1. The first kappa shape index (κ1) is 14.9. The number of rotatable bonds is 1. The molecule has 0 spiro atoms. The summed E-state index contributed by atoms with van der Waals surface area (Å²) in [6.45, 7) is 4.68. The highest BCUT2D eigenvalue weighted by molar-refractivity contribution is 5.91. The summed E-state index contributed by atoms with van der Waals surface area (Å²) < 4.78 is 0. The average Bonchev–Trinajstić information content (AvgIpc) is 2.82. The normalized spacial score (nSPS) is 50.9. The molecule has 0 bridgehead atoms. The summed E-state index contributed by atoms with van der Waals surface area (Å²) in [6, 6.07) is 0. The highest BCUT2D eigenvalue weighted by Gasteiger charge is 2.59. The van der Waals surface area contributed by atoms with Crippen molar-refractivity contribution in [3.8, 4) is 0 Å². The second kappa shape index (κ2) is 4.93. The lowest BCUT2D eigenvalue weighted by Gasteiger charge is -2.58. The Balaban J connectivity index is 1.71. The molecular formula is C20H30O2. The highest BCUT2D eigenvalue weighted by atomic mass is 16.3. The summed E-state index contributed by atoms with van der Waals surface area (Å²) in [5.74, 6) is 2.61. The molecule has 4 aliphatic rings. The van der Waals surface area contributed by atoms with Crippen molar-refractivity contribution < 1.29 is 9.90 Å². The molecule has 2 nitrogen and oxygen atoms in total. The summed E-state index contributed by atoms with van der Waals surface area (Å²) in [4.78, 5) is 11.9. The molecule has 0 unspecified atom stereocenters. The summed E-state index contributed by atoms with van der Waals surface area (Å²) in [7, 11) is 0. The van der Waals surface area contributed by atoms with Gasteiger partial charge in [-0.15, -0.1) is 0 Å². The lowest BCUT2D eigenvalue weighted by molar-refractivity contribution is -0.118. The van der Waals surface area contributed by atoms with Crippen molar-refractivity contribution in [2.45, 2.75) is 77.7 Å². The quantitative estimate of drug-likeness (QED) is 0.785. The van der Waals surface area contributed by atoms with Crippen LogP contribution >= 0.6 is 0 Å². The van der Waals surface area contributed by atoms with Crippen LogP contribution in [-0.4, -0.2) is 17.0 Å². The number of carbonyl (C=O) groups is 1. The molecule has 6 atom stereocenters. The van der Waals surface area contributed by atoms with Gasteiger partial charge in [0.05, 0.1) is 6.10 Å². The number of carbonyl (C=O) groups excluding carboxylic acids is 1. The Morgan fingerprint density at radius 1 is 1.14 bits per heavy atom. The van der Waals surface area contributed by atoms with Gasteiger partial charge in [0.2, 0.25) is 0 Å². The van der Waals surface area contributed by atoms with Gasteiger partial charge in [0, 0.05) is 6.42 Å². The van der Waals surface area contributed by atoms with E-state index in [-0.39, 0.29) is 11.5 Å². The van der Waals surface area contributed by atoms with Crippen molar-refractivity contribution in [3.05, 3.63) is 11.6 Å². The molecule has 0 aromatic carbocycles. The predicted molar refractivity (Wildman–Crippen MR) is 87.3 cm³/mol. The van der Waals surface area contributed by atoms with Crippen LogP contribution in [0.25, 0.3) is 0 Å². The van der Waals surface area contributed by atoms with E-state index in [0.29, 0.717) is 17.1 Å². The molecule has 4 rings (SSSR count). The molecular weight excluding hydrogens is 272 g/mol. The zero-order chi connectivity index (χ0) is 15.5. The van der Waals surface area contributed by atoms with Crippen LogP contribution in [0.1, 0.15) is 71.6 Å². The van der Waals surface area contributed by atoms with Crippen LogP contribution in [0, 0.1) is 28.6 Å². The van der Waals surface area contributed by atoms with Crippen molar-refractivity contribution in [3.63, 3.8) is 0 Å². The van der Waals surface area contributed by atoms with Gasteiger partial charge in [0.1, 0.15) is 0 Å². The fraction of sp³-hybridized carbons (Fsp3) is 0.850. The largest absolute Gasteiger partial charge is 0.393 e. The molecule has 3 fully saturated rings. The molecule has 3 saturated carbocycles. The minimum absolute atomic E-state index is 0.0825. The SMILES string of the molecule is CC[C@]12CCC(=O)C=C1CC[C@@H]1[C@@H]2CC[C@]2(C)[C@@H](O)CC[C@@H]12. The van der Waals surface area contributed by atoms with E-state index >= 15 is 0 Å². The predicted octanol–water partition coefficient (Wildman–Crippen LogP) is 4.27. The molecule has 0 heterocycles.